The molecule has 0 spiro atoms. The normalized spacial score (nSPS) is 9.85. The van der Waals surface area contributed by atoms with Crippen LogP contribution >= 0.6 is 0 Å². The Balaban J connectivity index is 1.94. The Morgan fingerprint density at radius 2 is 1.31 bits per heavy atom. The molecule has 0 radical (unpaired) electrons. The van der Waals surface area contributed by atoms with Crippen molar-refractivity contribution in [1.29, 1.82) is 0 Å². The molecule has 0 aliphatic heterocycles. The average molecular weight is 342 g/mol. The SMILES string of the molecule is O=C(O)c1cccc(C#Cc2ccc(-c3ccccc3)cc2)c1C(=O)O. The van der Waals surface area contributed by atoms with Gasteiger partial charge in [-0.3, -0.25) is 0 Å². The summed E-state index contributed by atoms with van der Waals surface area (Å²) in [6, 6.07) is 21.7. The summed E-state index contributed by atoms with van der Waals surface area (Å²) in [6.45, 7) is 0. The van der Waals surface area contributed by atoms with Crippen molar-refractivity contribution in [2.45, 2.75) is 0 Å². The highest BCUT2D eigenvalue weighted by molar-refractivity contribution is 6.03. The van der Waals surface area contributed by atoms with Crippen LogP contribution in [0.25, 0.3) is 11.1 Å². The number of hydrogen-bond acceptors (Lipinski definition) is 2. The van der Waals surface area contributed by atoms with Crippen LogP contribution < -0.4 is 0 Å². The maximum Gasteiger partial charge on any atom is 0.337 e. The smallest absolute Gasteiger partial charge is 0.337 e. The van der Waals surface area contributed by atoms with Gasteiger partial charge in [0.2, 0.25) is 0 Å². The van der Waals surface area contributed by atoms with Crippen molar-refractivity contribution in [2.24, 2.45) is 0 Å². The van der Waals surface area contributed by atoms with Gasteiger partial charge in [-0.25, -0.2) is 9.59 Å². The summed E-state index contributed by atoms with van der Waals surface area (Å²) in [5.74, 6) is 3.06. The minimum atomic E-state index is -1.31. The van der Waals surface area contributed by atoms with E-state index in [0.717, 1.165) is 11.1 Å². The lowest BCUT2D eigenvalue weighted by Crippen LogP contribution is -2.10. The van der Waals surface area contributed by atoms with E-state index in [0.29, 0.717) is 5.56 Å². The van der Waals surface area contributed by atoms with Crippen molar-refractivity contribution >= 4 is 11.9 Å². The van der Waals surface area contributed by atoms with Crippen molar-refractivity contribution in [3.63, 3.8) is 0 Å². The van der Waals surface area contributed by atoms with Crippen LogP contribution in [0.4, 0.5) is 0 Å². The first-order valence-electron chi connectivity index (χ1n) is 7.83. The molecule has 4 nitrogen and oxygen atoms in total. The molecule has 4 heteroatoms. The Kier molecular flexibility index (Phi) is 4.82. The highest BCUT2D eigenvalue weighted by Crippen LogP contribution is 2.19. The predicted octanol–water partition coefficient (Wildman–Crippen LogP) is 4.15. The monoisotopic (exact) mass is 342 g/mol. The fraction of sp³-hybridized carbons (Fsp3) is 0. The Hall–Kier alpha value is -3.84. The summed E-state index contributed by atoms with van der Waals surface area (Å²) >= 11 is 0. The first kappa shape index (κ1) is 17.0. The number of benzene rings is 3. The molecule has 3 rings (SSSR count). The highest BCUT2D eigenvalue weighted by Gasteiger charge is 2.18. The van der Waals surface area contributed by atoms with Gasteiger partial charge < -0.3 is 10.2 Å². The second kappa shape index (κ2) is 7.37. The molecule has 126 valence electrons. The molecule has 0 aliphatic carbocycles. The van der Waals surface area contributed by atoms with Crippen LogP contribution in [0.2, 0.25) is 0 Å². The minimum absolute atomic E-state index is 0.171. The zero-order chi connectivity index (χ0) is 18.5. The summed E-state index contributed by atoms with van der Waals surface area (Å²) < 4.78 is 0. The lowest BCUT2D eigenvalue weighted by molar-refractivity contribution is 0.0651. The molecule has 0 fully saturated rings. The second-order valence-corrected chi connectivity index (χ2v) is 5.53. The van der Waals surface area contributed by atoms with Crippen molar-refractivity contribution < 1.29 is 19.8 Å². The van der Waals surface area contributed by atoms with Crippen LogP contribution in [0.15, 0.2) is 72.8 Å². The van der Waals surface area contributed by atoms with Crippen LogP contribution in [0.5, 0.6) is 0 Å². The molecule has 0 saturated heterocycles. The van der Waals surface area contributed by atoms with Gasteiger partial charge in [0.1, 0.15) is 0 Å². The number of rotatable bonds is 3. The third-order valence-corrected chi connectivity index (χ3v) is 3.84. The molecule has 0 atom stereocenters. The maximum absolute atomic E-state index is 11.4. The predicted molar refractivity (Wildman–Crippen MR) is 98.2 cm³/mol. The van der Waals surface area contributed by atoms with Gasteiger partial charge in [-0.05, 0) is 35.4 Å². The van der Waals surface area contributed by atoms with Gasteiger partial charge in [0.15, 0.2) is 0 Å². The molecule has 0 aliphatic rings. The van der Waals surface area contributed by atoms with Gasteiger partial charge in [-0.2, -0.15) is 0 Å². The first-order valence-corrected chi connectivity index (χ1v) is 7.83. The number of carbonyl (C=O) groups is 2. The molecule has 3 aromatic rings. The maximum atomic E-state index is 11.4. The van der Waals surface area contributed by atoms with Gasteiger partial charge in [-0.15, -0.1) is 0 Å². The lowest BCUT2D eigenvalue weighted by Gasteiger charge is -2.03. The van der Waals surface area contributed by atoms with E-state index in [1.807, 2.05) is 54.6 Å². The fourth-order valence-corrected chi connectivity index (χ4v) is 2.58. The molecular weight excluding hydrogens is 328 g/mol. The zero-order valence-electron chi connectivity index (χ0n) is 13.6. The van der Waals surface area contributed by atoms with Gasteiger partial charge in [0.25, 0.3) is 0 Å². The molecule has 0 heterocycles. The van der Waals surface area contributed by atoms with E-state index in [-0.39, 0.29) is 16.7 Å². The number of hydrogen-bond donors (Lipinski definition) is 2. The Morgan fingerprint density at radius 1 is 0.654 bits per heavy atom. The van der Waals surface area contributed by atoms with E-state index in [4.69, 9.17) is 5.11 Å². The van der Waals surface area contributed by atoms with E-state index < -0.39 is 11.9 Å². The van der Waals surface area contributed by atoms with E-state index in [1.165, 1.54) is 18.2 Å². The van der Waals surface area contributed by atoms with Crippen molar-refractivity contribution in [1.82, 2.24) is 0 Å². The Morgan fingerprint density at radius 3 is 1.92 bits per heavy atom. The highest BCUT2D eigenvalue weighted by atomic mass is 16.4. The second-order valence-electron chi connectivity index (χ2n) is 5.53. The van der Waals surface area contributed by atoms with Crippen LogP contribution in [-0.2, 0) is 0 Å². The van der Waals surface area contributed by atoms with Gasteiger partial charge in [0, 0.05) is 11.1 Å². The van der Waals surface area contributed by atoms with Crippen LogP contribution in [0, 0.1) is 11.8 Å². The zero-order valence-corrected chi connectivity index (χ0v) is 13.6. The van der Waals surface area contributed by atoms with Crippen molar-refractivity contribution in [3.8, 4) is 23.0 Å². The quantitative estimate of drug-likeness (QED) is 0.701. The summed E-state index contributed by atoms with van der Waals surface area (Å²) in [7, 11) is 0. The Labute approximate surface area is 150 Å². The number of carboxylic acids is 2. The molecule has 0 saturated carbocycles. The molecule has 2 N–H and O–H groups in total. The summed E-state index contributed by atoms with van der Waals surface area (Å²) in [5.41, 5.74) is 2.45. The summed E-state index contributed by atoms with van der Waals surface area (Å²) in [5, 5.41) is 18.5. The molecule has 3 aromatic carbocycles. The van der Waals surface area contributed by atoms with Crippen molar-refractivity contribution in [2.75, 3.05) is 0 Å². The standard InChI is InChI=1S/C22H14O4/c23-21(24)19-8-4-7-18(20(19)22(25)26)14-11-15-9-12-17(13-10-15)16-5-2-1-3-6-16/h1-10,12-13H,(H,23,24)(H,25,26). The fourth-order valence-electron chi connectivity index (χ4n) is 2.58. The third kappa shape index (κ3) is 3.63. The van der Waals surface area contributed by atoms with Crippen LogP contribution in [-0.4, -0.2) is 22.2 Å². The molecular formula is C22H14O4. The lowest BCUT2D eigenvalue weighted by atomic mass is 10.0. The molecule has 0 aromatic heterocycles. The largest absolute Gasteiger partial charge is 0.478 e. The summed E-state index contributed by atoms with van der Waals surface area (Å²) in [6.07, 6.45) is 0. The van der Waals surface area contributed by atoms with Gasteiger partial charge in [-0.1, -0.05) is 60.4 Å². The topological polar surface area (TPSA) is 74.6 Å². The number of aromatic carboxylic acids is 2. The molecule has 0 bridgehead atoms. The minimum Gasteiger partial charge on any atom is -0.478 e. The van der Waals surface area contributed by atoms with Crippen molar-refractivity contribution in [3.05, 3.63) is 95.1 Å². The molecule has 0 unspecified atom stereocenters. The number of carboxylic acid groups (broad SMARTS) is 2. The van der Waals surface area contributed by atoms with Gasteiger partial charge in [0.05, 0.1) is 11.1 Å². The van der Waals surface area contributed by atoms with Crippen LogP contribution in [0.1, 0.15) is 31.8 Å². The molecule has 26 heavy (non-hydrogen) atoms. The van der Waals surface area contributed by atoms with Gasteiger partial charge >= 0.3 is 11.9 Å². The average Bonchev–Trinajstić information content (AvgIpc) is 2.67. The molecule has 0 amide bonds. The third-order valence-electron chi connectivity index (χ3n) is 3.84. The van der Waals surface area contributed by atoms with E-state index in [2.05, 4.69) is 11.8 Å². The van der Waals surface area contributed by atoms with E-state index in [1.54, 1.807) is 0 Å². The van der Waals surface area contributed by atoms with E-state index in [9.17, 15) is 14.7 Å². The van der Waals surface area contributed by atoms with E-state index >= 15 is 0 Å². The summed E-state index contributed by atoms with van der Waals surface area (Å²) in [4.78, 5) is 22.6. The first-order chi connectivity index (χ1) is 12.6. The Bertz CT molecular complexity index is 1020. The van der Waals surface area contributed by atoms with Crippen LogP contribution in [0.3, 0.4) is 0 Å².